The van der Waals surface area contributed by atoms with Gasteiger partial charge in [-0.2, -0.15) is 0 Å². The summed E-state index contributed by atoms with van der Waals surface area (Å²) in [4.78, 5) is 30.0. The van der Waals surface area contributed by atoms with Crippen LogP contribution in [0.5, 0.6) is 0 Å². The van der Waals surface area contributed by atoms with Crippen molar-refractivity contribution in [3.05, 3.63) is 75.2 Å². The molecule has 10 heteroatoms. The molecule has 1 saturated heterocycles. The predicted octanol–water partition coefficient (Wildman–Crippen LogP) is 5.45. The van der Waals surface area contributed by atoms with Gasteiger partial charge in [-0.1, -0.05) is 11.6 Å². The van der Waals surface area contributed by atoms with Crippen LogP contribution in [-0.2, 0) is 9.47 Å². The summed E-state index contributed by atoms with van der Waals surface area (Å²) in [6, 6.07) is 6.72. The fourth-order valence-electron chi connectivity index (χ4n) is 4.06. The number of fused-ring (bicyclic) bond motifs is 1. The summed E-state index contributed by atoms with van der Waals surface area (Å²) in [5.41, 5.74) is 0.516. The van der Waals surface area contributed by atoms with E-state index in [1.54, 1.807) is 11.8 Å². The van der Waals surface area contributed by atoms with Crippen LogP contribution in [-0.4, -0.2) is 41.5 Å². The average Bonchev–Trinajstić information content (AvgIpc) is 2.80. The molecule has 1 aromatic heterocycles. The number of ether oxygens (including phenoxy) is 2. The Morgan fingerprint density at radius 2 is 1.91 bits per heavy atom. The number of nitrogens with one attached hydrogen (secondary N) is 2. The number of anilines is 1. The maximum atomic E-state index is 14.1. The molecule has 1 fully saturated rings. The van der Waals surface area contributed by atoms with Crippen LogP contribution >= 0.6 is 11.6 Å². The van der Waals surface area contributed by atoms with E-state index in [4.69, 9.17) is 21.1 Å². The zero-order valence-corrected chi connectivity index (χ0v) is 20.3. The average molecular weight is 506 g/mol. The number of amides is 2. The highest BCUT2D eigenvalue weighted by molar-refractivity contribution is 6.31. The molecule has 1 aliphatic rings. The number of halogens is 3. The van der Waals surface area contributed by atoms with Gasteiger partial charge >= 0.3 is 6.03 Å². The zero-order valence-electron chi connectivity index (χ0n) is 19.5. The minimum Gasteiger partial charge on any atom is -0.350 e. The van der Waals surface area contributed by atoms with Crippen molar-refractivity contribution in [1.82, 2.24) is 9.88 Å². The van der Waals surface area contributed by atoms with Crippen LogP contribution in [0.4, 0.5) is 19.3 Å². The molecule has 2 aromatic carbocycles. The van der Waals surface area contributed by atoms with Gasteiger partial charge in [0.15, 0.2) is 5.79 Å². The molecule has 186 valence electrons. The van der Waals surface area contributed by atoms with E-state index in [0.29, 0.717) is 35.2 Å². The summed E-state index contributed by atoms with van der Waals surface area (Å²) in [5.74, 6) is -1.95. The number of benzene rings is 2. The molecule has 2 amide bonds. The third kappa shape index (κ3) is 5.63. The number of H-pyrrole nitrogens is 1. The lowest BCUT2D eigenvalue weighted by Gasteiger charge is -2.38. The molecule has 35 heavy (non-hydrogen) atoms. The van der Waals surface area contributed by atoms with Crippen molar-refractivity contribution < 1.29 is 23.0 Å². The van der Waals surface area contributed by atoms with E-state index in [9.17, 15) is 18.4 Å². The van der Waals surface area contributed by atoms with Gasteiger partial charge in [0, 0.05) is 29.7 Å². The number of aromatic amines is 1. The summed E-state index contributed by atoms with van der Waals surface area (Å²) in [6.45, 7) is 6.39. The number of pyridine rings is 1. The topological polar surface area (TPSA) is 83.7 Å². The van der Waals surface area contributed by atoms with Gasteiger partial charge in [0.25, 0.3) is 5.56 Å². The highest BCUT2D eigenvalue weighted by Crippen LogP contribution is 2.30. The molecule has 4 rings (SSSR count). The number of nitrogens with zero attached hydrogens (tertiary/aromatic N) is 1. The lowest BCUT2D eigenvalue weighted by molar-refractivity contribution is -0.263. The molecule has 1 atom stereocenters. The number of hydrogen-bond acceptors (Lipinski definition) is 4. The maximum Gasteiger partial charge on any atom is 0.322 e. The fourth-order valence-corrected chi connectivity index (χ4v) is 4.24. The van der Waals surface area contributed by atoms with E-state index in [1.807, 2.05) is 13.8 Å². The predicted molar refractivity (Wildman–Crippen MR) is 130 cm³/mol. The Bertz CT molecular complexity index is 1300. The van der Waals surface area contributed by atoms with Crippen molar-refractivity contribution in [2.45, 2.75) is 32.6 Å². The summed E-state index contributed by atoms with van der Waals surface area (Å²) < 4.78 is 39.2. The van der Waals surface area contributed by atoms with Crippen molar-refractivity contribution in [3.63, 3.8) is 0 Å². The van der Waals surface area contributed by atoms with Gasteiger partial charge in [-0.05, 0) is 68.1 Å². The van der Waals surface area contributed by atoms with Gasteiger partial charge in [-0.15, -0.1) is 0 Å². The van der Waals surface area contributed by atoms with Crippen LogP contribution in [0.3, 0.4) is 0 Å². The van der Waals surface area contributed by atoms with Crippen molar-refractivity contribution in [3.8, 4) is 0 Å². The van der Waals surface area contributed by atoms with E-state index < -0.39 is 29.5 Å². The van der Waals surface area contributed by atoms with E-state index in [-0.39, 0.29) is 23.0 Å². The molecule has 2 heterocycles. The van der Waals surface area contributed by atoms with Crippen LogP contribution in [0.2, 0.25) is 5.02 Å². The van der Waals surface area contributed by atoms with Gasteiger partial charge in [-0.3, -0.25) is 4.79 Å². The second-order valence-corrected chi connectivity index (χ2v) is 9.45. The highest BCUT2D eigenvalue weighted by Gasteiger charge is 2.32. The lowest BCUT2D eigenvalue weighted by atomic mass is 10.00. The molecule has 0 bridgehead atoms. The third-order valence-electron chi connectivity index (χ3n) is 6.03. The molecule has 0 aliphatic carbocycles. The standard InChI is InChI=1S/C25H26ClF2N3O4/c1-14(20-10-29-23(32)18-6-4-16(27)8-19(18)20)31(11-15-12-34-25(2,3)35-13-15)24(33)30-17-5-7-22(28)21(26)9-17/h4-10,14-15H,11-13H2,1-3H3,(H,29,32)(H,30,33). The molecular weight excluding hydrogens is 480 g/mol. The number of carbonyl (C=O) groups is 1. The van der Waals surface area contributed by atoms with Crippen LogP contribution in [0.15, 0.2) is 47.4 Å². The largest absolute Gasteiger partial charge is 0.350 e. The molecule has 1 unspecified atom stereocenters. The normalized spacial score (nSPS) is 16.7. The van der Waals surface area contributed by atoms with E-state index in [0.717, 1.165) is 6.07 Å². The Morgan fingerprint density at radius 1 is 1.20 bits per heavy atom. The van der Waals surface area contributed by atoms with E-state index in [1.165, 1.54) is 36.5 Å². The molecule has 0 radical (unpaired) electrons. The van der Waals surface area contributed by atoms with Crippen molar-refractivity contribution in [1.29, 1.82) is 0 Å². The van der Waals surface area contributed by atoms with Gasteiger partial charge in [0.2, 0.25) is 0 Å². The fraction of sp³-hybridized carbons (Fsp3) is 0.360. The maximum absolute atomic E-state index is 14.1. The zero-order chi connectivity index (χ0) is 25.3. The summed E-state index contributed by atoms with van der Waals surface area (Å²) >= 11 is 5.87. The number of urea groups is 1. The van der Waals surface area contributed by atoms with E-state index >= 15 is 0 Å². The first-order valence-electron chi connectivity index (χ1n) is 11.2. The smallest absolute Gasteiger partial charge is 0.322 e. The summed E-state index contributed by atoms with van der Waals surface area (Å²) in [7, 11) is 0. The minimum absolute atomic E-state index is 0.124. The lowest BCUT2D eigenvalue weighted by Crippen LogP contribution is -2.47. The van der Waals surface area contributed by atoms with Crippen molar-refractivity contribution >= 4 is 34.1 Å². The number of hydrogen-bond donors (Lipinski definition) is 2. The second-order valence-electron chi connectivity index (χ2n) is 9.04. The first-order valence-corrected chi connectivity index (χ1v) is 11.5. The van der Waals surface area contributed by atoms with Crippen LogP contribution in [0.1, 0.15) is 32.4 Å². The number of aromatic nitrogens is 1. The van der Waals surface area contributed by atoms with Gasteiger partial charge in [0.1, 0.15) is 11.6 Å². The van der Waals surface area contributed by atoms with Gasteiger partial charge in [-0.25, -0.2) is 13.6 Å². The number of rotatable bonds is 5. The molecular formula is C25H26ClF2N3O4. The quantitative estimate of drug-likeness (QED) is 0.482. The minimum atomic E-state index is -0.716. The van der Waals surface area contributed by atoms with Crippen LogP contribution in [0.25, 0.3) is 10.8 Å². The third-order valence-corrected chi connectivity index (χ3v) is 6.32. The number of carbonyl (C=O) groups excluding carboxylic acids is 1. The van der Waals surface area contributed by atoms with Crippen molar-refractivity contribution in [2.75, 3.05) is 25.1 Å². The molecule has 0 saturated carbocycles. The van der Waals surface area contributed by atoms with Gasteiger partial charge < -0.3 is 24.7 Å². The summed E-state index contributed by atoms with van der Waals surface area (Å²) in [5, 5.41) is 3.34. The molecule has 1 aliphatic heterocycles. The van der Waals surface area contributed by atoms with Crippen molar-refractivity contribution in [2.24, 2.45) is 5.92 Å². The molecule has 7 nitrogen and oxygen atoms in total. The Morgan fingerprint density at radius 3 is 2.60 bits per heavy atom. The Hall–Kier alpha value is -3.01. The second kappa shape index (κ2) is 9.93. The first kappa shape index (κ1) is 25.1. The highest BCUT2D eigenvalue weighted by atomic mass is 35.5. The monoisotopic (exact) mass is 505 g/mol. The summed E-state index contributed by atoms with van der Waals surface area (Å²) in [6.07, 6.45) is 1.49. The molecule has 0 spiro atoms. The SMILES string of the molecule is CC(c1c[nH]c(=O)c2ccc(F)cc12)N(CC1COC(C)(C)OC1)C(=O)Nc1ccc(F)c(Cl)c1. The molecule has 2 N–H and O–H groups in total. The Kier molecular flexibility index (Phi) is 7.12. The Labute approximate surface area is 206 Å². The Balaban J connectivity index is 1.68. The van der Waals surface area contributed by atoms with Crippen LogP contribution in [0, 0.1) is 17.6 Å². The van der Waals surface area contributed by atoms with E-state index in [2.05, 4.69) is 10.3 Å². The first-order chi connectivity index (χ1) is 16.5. The molecule has 3 aromatic rings. The van der Waals surface area contributed by atoms with Crippen LogP contribution < -0.4 is 10.9 Å². The van der Waals surface area contributed by atoms with Gasteiger partial charge in [0.05, 0.1) is 24.3 Å².